The Kier molecular flexibility index (Phi) is 5.93. The average molecular weight is 416 g/mol. The fourth-order valence-electron chi connectivity index (χ4n) is 3.51. The molecule has 0 bridgehead atoms. The zero-order valence-electron chi connectivity index (χ0n) is 16.4. The van der Waals surface area contributed by atoms with Gasteiger partial charge in [-0.3, -0.25) is 9.52 Å². The zero-order chi connectivity index (χ0) is 21.2. The van der Waals surface area contributed by atoms with Crippen molar-refractivity contribution in [3.63, 3.8) is 0 Å². The number of Topliss-reactive ketones (excluding diaryl/α,β-unsaturated/α-hetero) is 1. The standard InChI is InChI=1S/C21H24N2O5S/c1-14-4-3-11-23(13-14)20-10-7-17(21(25)26)12-19(20)22-29(27,28)18-8-5-16(6-9-18)15(2)24/h5-10,12,14,22H,3-4,11,13H2,1-2H3,(H,25,26). The van der Waals surface area contributed by atoms with Crippen LogP contribution < -0.4 is 9.62 Å². The Morgan fingerprint density at radius 1 is 1.10 bits per heavy atom. The molecule has 1 fully saturated rings. The van der Waals surface area contributed by atoms with Gasteiger partial charge in [-0.1, -0.05) is 19.1 Å². The van der Waals surface area contributed by atoms with E-state index < -0.39 is 16.0 Å². The number of carboxylic acids is 1. The maximum Gasteiger partial charge on any atom is 0.335 e. The van der Waals surface area contributed by atoms with E-state index in [2.05, 4.69) is 16.5 Å². The smallest absolute Gasteiger partial charge is 0.335 e. The number of carbonyl (C=O) groups excluding carboxylic acids is 1. The average Bonchev–Trinajstić information content (AvgIpc) is 2.67. The minimum Gasteiger partial charge on any atom is -0.478 e. The molecule has 1 unspecified atom stereocenters. The lowest BCUT2D eigenvalue weighted by Gasteiger charge is -2.34. The molecule has 3 rings (SSSR count). The van der Waals surface area contributed by atoms with Gasteiger partial charge in [0.2, 0.25) is 0 Å². The highest BCUT2D eigenvalue weighted by molar-refractivity contribution is 7.92. The molecule has 29 heavy (non-hydrogen) atoms. The maximum atomic E-state index is 12.9. The first-order valence-electron chi connectivity index (χ1n) is 9.43. The summed E-state index contributed by atoms with van der Waals surface area (Å²) in [6, 6.07) is 10.1. The maximum absolute atomic E-state index is 12.9. The van der Waals surface area contributed by atoms with Crippen LogP contribution in [0.5, 0.6) is 0 Å². The molecule has 154 valence electrons. The molecule has 1 heterocycles. The number of nitrogens with zero attached hydrogens (tertiary/aromatic N) is 1. The summed E-state index contributed by atoms with van der Waals surface area (Å²) in [5.74, 6) is -0.820. The minimum atomic E-state index is -3.95. The molecule has 1 aliphatic heterocycles. The Labute approximate surface area is 170 Å². The van der Waals surface area contributed by atoms with Gasteiger partial charge in [0, 0.05) is 18.7 Å². The van der Waals surface area contributed by atoms with E-state index in [1.165, 1.54) is 43.3 Å². The van der Waals surface area contributed by atoms with Crippen molar-refractivity contribution in [1.29, 1.82) is 0 Å². The fourth-order valence-corrected chi connectivity index (χ4v) is 4.57. The van der Waals surface area contributed by atoms with E-state index in [1.807, 2.05) is 0 Å². The van der Waals surface area contributed by atoms with Gasteiger partial charge in [-0.05, 0) is 56.0 Å². The minimum absolute atomic E-state index is 0.00110. The second kappa shape index (κ2) is 8.24. The van der Waals surface area contributed by atoms with E-state index in [1.54, 1.807) is 6.07 Å². The highest BCUT2D eigenvalue weighted by Crippen LogP contribution is 2.32. The second-order valence-corrected chi connectivity index (χ2v) is 9.10. The Morgan fingerprint density at radius 2 is 1.76 bits per heavy atom. The van der Waals surface area contributed by atoms with Crippen molar-refractivity contribution in [2.45, 2.75) is 31.6 Å². The Bertz CT molecular complexity index is 1030. The lowest BCUT2D eigenvalue weighted by atomic mass is 9.99. The van der Waals surface area contributed by atoms with Crippen molar-refractivity contribution in [2.24, 2.45) is 5.92 Å². The van der Waals surface area contributed by atoms with Gasteiger partial charge in [0.15, 0.2) is 5.78 Å². The number of benzene rings is 2. The summed E-state index contributed by atoms with van der Waals surface area (Å²) < 4.78 is 28.3. The first-order chi connectivity index (χ1) is 13.7. The van der Waals surface area contributed by atoms with Gasteiger partial charge in [0.1, 0.15) is 0 Å². The molecule has 2 aromatic carbocycles. The second-order valence-electron chi connectivity index (χ2n) is 7.42. The number of hydrogen-bond donors (Lipinski definition) is 2. The lowest BCUT2D eigenvalue weighted by Crippen LogP contribution is -2.35. The van der Waals surface area contributed by atoms with Crippen LogP contribution in [0.2, 0.25) is 0 Å². The van der Waals surface area contributed by atoms with Crippen LogP contribution >= 0.6 is 0 Å². The van der Waals surface area contributed by atoms with Gasteiger partial charge in [-0.15, -0.1) is 0 Å². The summed E-state index contributed by atoms with van der Waals surface area (Å²) in [6.45, 7) is 5.09. The number of sulfonamides is 1. The van der Waals surface area contributed by atoms with Crippen LogP contribution in [-0.2, 0) is 10.0 Å². The normalized spacial score (nSPS) is 17.0. The first-order valence-corrected chi connectivity index (χ1v) is 10.9. The predicted octanol–water partition coefficient (Wildman–Crippen LogP) is 3.62. The molecule has 1 saturated heterocycles. The van der Waals surface area contributed by atoms with E-state index >= 15 is 0 Å². The largest absolute Gasteiger partial charge is 0.478 e. The van der Waals surface area contributed by atoms with Gasteiger partial charge >= 0.3 is 5.97 Å². The molecule has 0 aromatic heterocycles. The van der Waals surface area contributed by atoms with E-state index in [4.69, 9.17) is 0 Å². The van der Waals surface area contributed by atoms with Crippen LogP contribution in [0.15, 0.2) is 47.4 Å². The predicted molar refractivity (Wildman–Crippen MR) is 111 cm³/mol. The molecule has 8 heteroatoms. The van der Waals surface area contributed by atoms with Crippen molar-refractivity contribution in [1.82, 2.24) is 0 Å². The summed E-state index contributed by atoms with van der Waals surface area (Å²) in [4.78, 5) is 24.9. The molecule has 0 spiro atoms. The third-order valence-electron chi connectivity index (χ3n) is 5.06. The van der Waals surface area contributed by atoms with Crippen LogP contribution in [0.4, 0.5) is 11.4 Å². The molecule has 0 saturated carbocycles. The summed E-state index contributed by atoms with van der Waals surface area (Å²) in [6.07, 6.45) is 2.09. The van der Waals surface area contributed by atoms with Gasteiger partial charge in [-0.25, -0.2) is 13.2 Å². The van der Waals surface area contributed by atoms with Crippen LogP contribution in [-0.4, -0.2) is 38.4 Å². The van der Waals surface area contributed by atoms with Crippen molar-refractivity contribution < 1.29 is 23.1 Å². The highest BCUT2D eigenvalue weighted by atomic mass is 32.2. The molecule has 7 nitrogen and oxygen atoms in total. The van der Waals surface area contributed by atoms with E-state index in [0.29, 0.717) is 17.2 Å². The van der Waals surface area contributed by atoms with Crippen LogP contribution in [0, 0.1) is 5.92 Å². The molecule has 0 radical (unpaired) electrons. The highest BCUT2D eigenvalue weighted by Gasteiger charge is 2.23. The number of piperidine rings is 1. The molecular weight excluding hydrogens is 392 g/mol. The number of carboxylic acid groups (broad SMARTS) is 1. The van der Waals surface area contributed by atoms with Gasteiger partial charge < -0.3 is 10.0 Å². The molecule has 2 N–H and O–H groups in total. The monoisotopic (exact) mass is 416 g/mol. The number of ketones is 1. The Balaban J connectivity index is 1.97. The summed E-state index contributed by atoms with van der Waals surface area (Å²) in [5, 5.41) is 9.33. The van der Waals surface area contributed by atoms with Crippen molar-refractivity contribution in [3.05, 3.63) is 53.6 Å². The first kappa shape index (κ1) is 20.9. The van der Waals surface area contributed by atoms with E-state index in [0.717, 1.165) is 25.9 Å². The van der Waals surface area contributed by atoms with Gasteiger partial charge in [-0.2, -0.15) is 0 Å². The third kappa shape index (κ3) is 4.76. The van der Waals surface area contributed by atoms with Crippen molar-refractivity contribution in [3.8, 4) is 0 Å². The fraction of sp³-hybridized carbons (Fsp3) is 0.333. The topological polar surface area (TPSA) is 104 Å². The Morgan fingerprint density at radius 3 is 2.34 bits per heavy atom. The Hall–Kier alpha value is -2.87. The van der Waals surface area contributed by atoms with Gasteiger partial charge in [0.25, 0.3) is 10.0 Å². The summed E-state index contributed by atoms with van der Waals surface area (Å²) >= 11 is 0. The number of carbonyl (C=O) groups is 2. The van der Waals surface area contributed by atoms with Crippen molar-refractivity contribution >= 4 is 33.2 Å². The number of rotatable bonds is 6. The molecule has 1 atom stereocenters. The molecular formula is C21H24N2O5S. The van der Waals surface area contributed by atoms with E-state index in [9.17, 15) is 23.1 Å². The van der Waals surface area contributed by atoms with E-state index in [-0.39, 0.29) is 21.9 Å². The number of aromatic carboxylic acids is 1. The lowest BCUT2D eigenvalue weighted by molar-refractivity contribution is 0.0696. The van der Waals surface area contributed by atoms with Crippen LogP contribution in [0.1, 0.15) is 47.4 Å². The quantitative estimate of drug-likeness (QED) is 0.697. The zero-order valence-corrected chi connectivity index (χ0v) is 17.2. The van der Waals surface area contributed by atoms with Gasteiger partial charge in [0.05, 0.1) is 21.8 Å². The number of hydrogen-bond acceptors (Lipinski definition) is 5. The summed E-state index contributed by atoms with van der Waals surface area (Å²) in [7, 11) is -3.95. The summed E-state index contributed by atoms with van der Waals surface area (Å²) in [5.41, 5.74) is 1.31. The molecule has 0 aliphatic carbocycles. The molecule has 0 amide bonds. The van der Waals surface area contributed by atoms with Crippen molar-refractivity contribution in [2.75, 3.05) is 22.7 Å². The van der Waals surface area contributed by atoms with Crippen LogP contribution in [0.3, 0.4) is 0 Å². The van der Waals surface area contributed by atoms with Crippen LogP contribution in [0.25, 0.3) is 0 Å². The number of nitrogens with one attached hydrogen (secondary N) is 1. The SMILES string of the molecule is CC(=O)c1ccc(S(=O)(=O)Nc2cc(C(=O)O)ccc2N2CCCC(C)C2)cc1. The number of anilines is 2. The molecule has 2 aromatic rings. The molecule has 1 aliphatic rings. The third-order valence-corrected chi connectivity index (χ3v) is 6.44.